The van der Waals surface area contributed by atoms with Crippen molar-refractivity contribution >= 4 is 5.65 Å². The summed E-state index contributed by atoms with van der Waals surface area (Å²) in [7, 11) is 2.12. The van der Waals surface area contributed by atoms with Crippen LogP contribution in [0.4, 0.5) is 0 Å². The summed E-state index contributed by atoms with van der Waals surface area (Å²) >= 11 is 0. The Labute approximate surface area is 155 Å². The van der Waals surface area contributed by atoms with Crippen molar-refractivity contribution in [1.82, 2.24) is 14.3 Å². The van der Waals surface area contributed by atoms with Gasteiger partial charge < -0.3 is 0 Å². The van der Waals surface area contributed by atoms with Gasteiger partial charge in [-0.2, -0.15) is 0 Å². The largest absolute Gasteiger partial charge is 0.299 e. The highest BCUT2D eigenvalue weighted by atomic mass is 16.1. The Morgan fingerprint density at radius 1 is 1.15 bits per heavy atom. The van der Waals surface area contributed by atoms with Crippen LogP contribution >= 0.6 is 0 Å². The molecule has 26 heavy (non-hydrogen) atoms. The fourth-order valence-electron chi connectivity index (χ4n) is 3.45. The minimum atomic E-state index is 0.0425. The molecule has 0 radical (unpaired) electrons. The van der Waals surface area contributed by atoms with Crippen LogP contribution in [0.2, 0.25) is 0 Å². The van der Waals surface area contributed by atoms with Crippen LogP contribution in [0.25, 0.3) is 5.65 Å². The summed E-state index contributed by atoms with van der Waals surface area (Å²) in [5.74, 6) is 0. The maximum Gasteiger partial charge on any atom is 0.261 e. The monoisotopic (exact) mass is 349 g/mol. The van der Waals surface area contributed by atoms with Crippen molar-refractivity contribution in [2.45, 2.75) is 40.2 Å². The number of benzene rings is 1. The zero-order valence-electron chi connectivity index (χ0n) is 16.3. The average Bonchev–Trinajstić information content (AvgIpc) is 2.62. The van der Waals surface area contributed by atoms with Crippen LogP contribution in [0.1, 0.15) is 40.9 Å². The summed E-state index contributed by atoms with van der Waals surface area (Å²) in [5, 5.41) is 0. The third-order valence-electron chi connectivity index (χ3n) is 5.29. The summed E-state index contributed by atoms with van der Waals surface area (Å²) in [6, 6.07) is 12.5. The summed E-state index contributed by atoms with van der Waals surface area (Å²) < 4.78 is 1.64. The van der Waals surface area contributed by atoms with Crippen LogP contribution in [0.3, 0.4) is 0 Å². The molecule has 0 spiro atoms. The SMILES string of the molecule is Cc1ccc(C)c(C(C)N(C)CCc2c(C)nc3ccccn3c2=O)c1. The van der Waals surface area contributed by atoms with Crippen molar-refractivity contribution in [1.29, 1.82) is 0 Å². The fourth-order valence-corrected chi connectivity index (χ4v) is 3.45. The summed E-state index contributed by atoms with van der Waals surface area (Å²) in [5.41, 5.74) is 6.30. The molecule has 2 heterocycles. The van der Waals surface area contributed by atoms with Gasteiger partial charge in [0.25, 0.3) is 5.56 Å². The number of aryl methyl sites for hydroxylation is 3. The molecule has 1 atom stereocenters. The molecule has 0 amide bonds. The van der Waals surface area contributed by atoms with Gasteiger partial charge in [0.2, 0.25) is 0 Å². The molecule has 0 saturated carbocycles. The predicted octanol–water partition coefficient (Wildman–Crippen LogP) is 3.86. The van der Waals surface area contributed by atoms with Gasteiger partial charge in [-0.3, -0.25) is 14.1 Å². The van der Waals surface area contributed by atoms with Gasteiger partial charge in [-0.15, -0.1) is 0 Å². The second kappa shape index (κ2) is 7.42. The van der Waals surface area contributed by atoms with Gasteiger partial charge in [0.15, 0.2) is 0 Å². The number of pyridine rings is 1. The van der Waals surface area contributed by atoms with E-state index in [0.717, 1.165) is 17.8 Å². The fraction of sp³-hybridized carbons (Fsp3) is 0.364. The van der Waals surface area contributed by atoms with Crippen molar-refractivity contribution in [3.8, 4) is 0 Å². The standard InChI is InChI=1S/C22H27N3O/c1-15-9-10-16(2)20(14-15)18(4)24(5)13-11-19-17(3)23-21-8-6-7-12-25(21)22(19)26/h6-10,12,14,18H,11,13H2,1-5H3. The molecule has 0 bridgehead atoms. The molecule has 136 valence electrons. The second-order valence-corrected chi connectivity index (χ2v) is 7.18. The zero-order valence-corrected chi connectivity index (χ0v) is 16.3. The Hall–Kier alpha value is -2.46. The predicted molar refractivity (Wildman–Crippen MR) is 107 cm³/mol. The third-order valence-corrected chi connectivity index (χ3v) is 5.29. The molecule has 1 unspecified atom stereocenters. The molecule has 4 nitrogen and oxygen atoms in total. The molecule has 1 aromatic carbocycles. The summed E-state index contributed by atoms with van der Waals surface area (Å²) in [4.78, 5) is 19.7. The van der Waals surface area contributed by atoms with Crippen LogP contribution in [-0.2, 0) is 6.42 Å². The van der Waals surface area contributed by atoms with E-state index in [1.54, 1.807) is 10.6 Å². The Morgan fingerprint density at radius 3 is 2.69 bits per heavy atom. The smallest absolute Gasteiger partial charge is 0.261 e. The van der Waals surface area contributed by atoms with Gasteiger partial charge >= 0.3 is 0 Å². The van der Waals surface area contributed by atoms with Crippen molar-refractivity contribution in [3.05, 3.63) is 80.9 Å². The topological polar surface area (TPSA) is 37.6 Å². The number of fused-ring (bicyclic) bond motifs is 1. The van der Waals surface area contributed by atoms with Gasteiger partial charge in [-0.05, 0) is 64.4 Å². The summed E-state index contributed by atoms with van der Waals surface area (Å²) in [6.45, 7) is 9.24. The molecule has 0 aliphatic carbocycles. The highest BCUT2D eigenvalue weighted by molar-refractivity contribution is 5.40. The van der Waals surface area contributed by atoms with Gasteiger partial charge in [-0.1, -0.05) is 29.8 Å². The molecule has 0 fully saturated rings. The van der Waals surface area contributed by atoms with Crippen LogP contribution in [0, 0.1) is 20.8 Å². The van der Waals surface area contributed by atoms with E-state index in [9.17, 15) is 4.79 Å². The maximum absolute atomic E-state index is 12.8. The lowest BCUT2D eigenvalue weighted by Crippen LogP contribution is -2.29. The van der Waals surface area contributed by atoms with E-state index in [-0.39, 0.29) is 5.56 Å². The van der Waals surface area contributed by atoms with E-state index in [1.807, 2.05) is 25.1 Å². The molecule has 0 saturated heterocycles. The number of rotatable bonds is 5. The Morgan fingerprint density at radius 2 is 1.92 bits per heavy atom. The first-order chi connectivity index (χ1) is 12.4. The lowest BCUT2D eigenvalue weighted by molar-refractivity contribution is 0.263. The Kier molecular flexibility index (Phi) is 5.23. The number of hydrogen-bond acceptors (Lipinski definition) is 3. The van der Waals surface area contributed by atoms with Crippen molar-refractivity contribution < 1.29 is 0 Å². The summed E-state index contributed by atoms with van der Waals surface area (Å²) in [6.07, 6.45) is 2.48. The molecule has 0 aliphatic rings. The number of nitrogens with zero attached hydrogens (tertiary/aromatic N) is 3. The lowest BCUT2D eigenvalue weighted by Gasteiger charge is -2.27. The Balaban J connectivity index is 1.81. The molecule has 3 rings (SSSR count). The molecule has 4 heteroatoms. The zero-order chi connectivity index (χ0) is 18.8. The Bertz CT molecular complexity index is 990. The first kappa shape index (κ1) is 18.3. The van der Waals surface area contributed by atoms with E-state index >= 15 is 0 Å². The van der Waals surface area contributed by atoms with Crippen molar-refractivity contribution in [3.63, 3.8) is 0 Å². The highest BCUT2D eigenvalue weighted by Gasteiger charge is 2.16. The third kappa shape index (κ3) is 3.56. The molecular formula is C22H27N3O. The lowest BCUT2D eigenvalue weighted by atomic mass is 9.99. The van der Waals surface area contributed by atoms with Gasteiger partial charge in [0.1, 0.15) is 5.65 Å². The number of hydrogen-bond donors (Lipinski definition) is 0. The van der Waals surface area contributed by atoms with Gasteiger partial charge in [-0.25, -0.2) is 4.98 Å². The molecule has 0 N–H and O–H groups in total. The maximum atomic E-state index is 12.8. The molecular weight excluding hydrogens is 322 g/mol. The van der Waals surface area contributed by atoms with E-state index in [2.05, 4.69) is 55.9 Å². The van der Waals surface area contributed by atoms with E-state index in [4.69, 9.17) is 0 Å². The van der Waals surface area contributed by atoms with Crippen molar-refractivity contribution in [2.24, 2.45) is 0 Å². The van der Waals surface area contributed by atoms with E-state index in [1.165, 1.54) is 16.7 Å². The number of aromatic nitrogens is 2. The first-order valence-corrected chi connectivity index (χ1v) is 9.12. The average molecular weight is 349 g/mol. The molecule has 3 aromatic rings. The normalized spacial score (nSPS) is 12.7. The van der Waals surface area contributed by atoms with Crippen LogP contribution in [-0.4, -0.2) is 27.9 Å². The van der Waals surface area contributed by atoms with Crippen LogP contribution < -0.4 is 5.56 Å². The quantitative estimate of drug-likeness (QED) is 0.702. The van der Waals surface area contributed by atoms with E-state index < -0.39 is 0 Å². The van der Waals surface area contributed by atoms with E-state index in [0.29, 0.717) is 18.1 Å². The van der Waals surface area contributed by atoms with Crippen LogP contribution in [0.5, 0.6) is 0 Å². The highest BCUT2D eigenvalue weighted by Crippen LogP contribution is 2.23. The minimum absolute atomic E-state index is 0.0425. The van der Waals surface area contributed by atoms with Gasteiger partial charge in [0, 0.05) is 30.0 Å². The first-order valence-electron chi connectivity index (χ1n) is 9.12. The van der Waals surface area contributed by atoms with Gasteiger partial charge in [0.05, 0.1) is 0 Å². The molecule has 2 aromatic heterocycles. The van der Waals surface area contributed by atoms with Crippen molar-refractivity contribution in [2.75, 3.05) is 13.6 Å². The second-order valence-electron chi connectivity index (χ2n) is 7.18. The number of likely N-dealkylation sites (N-methyl/N-ethyl adjacent to an activating group) is 1. The minimum Gasteiger partial charge on any atom is -0.299 e. The van der Waals surface area contributed by atoms with Crippen LogP contribution in [0.15, 0.2) is 47.4 Å². The molecule has 0 aliphatic heterocycles.